The van der Waals surface area contributed by atoms with E-state index >= 15 is 0 Å². The second-order valence-electron chi connectivity index (χ2n) is 4.96. The van der Waals surface area contributed by atoms with Gasteiger partial charge in [-0.3, -0.25) is 0 Å². The maximum absolute atomic E-state index is 11.4. The lowest BCUT2D eigenvalue weighted by atomic mass is 10.2. The van der Waals surface area contributed by atoms with Gasteiger partial charge in [-0.05, 0) is 20.5 Å². The van der Waals surface area contributed by atoms with E-state index in [9.17, 15) is 9.90 Å². The molecule has 7 heteroatoms. The minimum absolute atomic E-state index is 0.224. The van der Waals surface area contributed by atoms with Crippen molar-refractivity contribution in [1.82, 2.24) is 9.88 Å². The normalized spacial score (nSPS) is 23.1. The molecule has 1 N–H and O–H groups in total. The quantitative estimate of drug-likeness (QED) is 0.809. The highest BCUT2D eigenvalue weighted by Crippen LogP contribution is 2.29. The maximum atomic E-state index is 11.4. The van der Waals surface area contributed by atoms with Gasteiger partial charge in [-0.25, -0.2) is 9.78 Å². The number of hydrogen-bond donors (Lipinski definition) is 1. The van der Waals surface area contributed by atoms with Crippen LogP contribution in [0.4, 0.5) is 5.13 Å². The molecular formula is C12H19N3O3S. The summed E-state index contributed by atoms with van der Waals surface area (Å²) in [5, 5.41) is 12.3. The number of β-amino-alcohol motifs (C(OH)–C–C–N with tert-alkyl or cyclic N) is 1. The van der Waals surface area contributed by atoms with Crippen LogP contribution in [0.2, 0.25) is 0 Å². The van der Waals surface area contributed by atoms with E-state index in [0.29, 0.717) is 12.2 Å². The summed E-state index contributed by atoms with van der Waals surface area (Å²) in [6.07, 6.45) is 0.390. The summed E-state index contributed by atoms with van der Waals surface area (Å²) >= 11 is 1.41. The zero-order valence-corrected chi connectivity index (χ0v) is 12.2. The predicted molar refractivity (Wildman–Crippen MR) is 73.8 cm³/mol. The summed E-state index contributed by atoms with van der Waals surface area (Å²) in [6, 6.07) is 0.224. The summed E-state index contributed by atoms with van der Waals surface area (Å²) in [6.45, 7) is 1.41. The first-order valence-electron chi connectivity index (χ1n) is 6.14. The minimum Gasteiger partial charge on any atom is -0.464 e. The summed E-state index contributed by atoms with van der Waals surface area (Å²) in [5.74, 6) is -0.425. The average Bonchev–Trinajstić information content (AvgIpc) is 2.94. The molecule has 2 heterocycles. The lowest BCUT2D eigenvalue weighted by molar-refractivity contribution is 0.0595. The van der Waals surface area contributed by atoms with Crippen molar-refractivity contribution in [1.29, 1.82) is 0 Å². The van der Waals surface area contributed by atoms with Gasteiger partial charge >= 0.3 is 5.97 Å². The Balaban J connectivity index is 2.14. The molecule has 2 unspecified atom stereocenters. The fraction of sp³-hybridized carbons (Fsp3) is 0.667. The zero-order chi connectivity index (χ0) is 14.0. The zero-order valence-electron chi connectivity index (χ0n) is 11.4. The van der Waals surface area contributed by atoms with Crippen molar-refractivity contribution < 1.29 is 14.6 Å². The lowest BCUT2D eigenvalue weighted by Crippen LogP contribution is -2.37. The third-order valence-electron chi connectivity index (χ3n) is 3.10. The Morgan fingerprint density at radius 1 is 1.68 bits per heavy atom. The fourth-order valence-electron chi connectivity index (χ4n) is 2.32. The molecule has 1 fully saturated rings. The van der Waals surface area contributed by atoms with Gasteiger partial charge in [0, 0.05) is 24.5 Å². The molecule has 0 spiro atoms. The Kier molecular flexibility index (Phi) is 4.38. The number of carbonyl (C=O) groups excluding carboxylic acids is 1. The van der Waals surface area contributed by atoms with Crippen molar-refractivity contribution in [3.05, 3.63) is 11.1 Å². The third kappa shape index (κ3) is 3.23. The number of thiazole rings is 1. The molecule has 0 radical (unpaired) electrons. The number of esters is 1. The number of aromatic nitrogens is 1. The highest BCUT2D eigenvalue weighted by Gasteiger charge is 2.33. The van der Waals surface area contributed by atoms with Gasteiger partial charge in [-0.15, -0.1) is 11.3 Å². The highest BCUT2D eigenvalue weighted by atomic mass is 32.1. The Morgan fingerprint density at radius 2 is 2.42 bits per heavy atom. The van der Waals surface area contributed by atoms with Crippen LogP contribution in [0.5, 0.6) is 0 Å². The van der Waals surface area contributed by atoms with E-state index in [1.807, 2.05) is 14.1 Å². The number of aliphatic hydroxyl groups excluding tert-OH is 1. The minimum atomic E-state index is -0.425. The Bertz CT molecular complexity index is 449. The average molecular weight is 285 g/mol. The molecule has 1 aliphatic rings. The third-order valence-corrected chi connectivity index (χ3v) is 3.98. The van der Waals surface area contributed by atoms with Gasteiger partial charge in [-0.1, -0.05) is 0 Å². The van der Waals surface area contributed by atoms with Crippen molar-refractivity contribution in [2.45, 2.75) is 18.6 Å². The lowest BCUT2D eigenvalue weighted by Gasteiger charge is -2.26. The monoisotopic (exact) mass is 285 g/mol. The molecule has 0 saturated carbocycles. The van der Waals surface area contributed by atoms with Crippen molar-refractivity contribution in [2.75, 3.05) is 39.2 Å². The molecule has 2 atom stereocenters. The van der Waals surface area contributed by atoms with Crippen molar-refractivity contribution in [2.24, 2.45) is 0 Å². The molecule has 2 rings (SSSR count). The molecule has 0 bridgehead atoms. The largest absolute Gasteiger partial charge is 0.464 e. The molecule has 0 aromatic carbocycles. The highest BCUT2D eigenvalue weighted by molar-refractivity contribution is 7.13. The van der Waals surface area contributed by atoms with Gasteiger partial charge in [0.25, 0.3) is 0 Å². The molecule has 1 aliphatic heterocycles. The van der Waals surface area contributed by atoms with E-state index < -0.39 is 5.97 Å². The van der Waals surface area contributed by atoms with Crippen LogP contribution in [0.3, 0.4) is 0 Å². The van der Waals surface area contributed by atoms with Crippen LogP contribution in [0.1, 0.15) is 16.9 Å². The first-order valence-corrected chi connectivity index (χ1v) is 7.02. The first kappa shape index (κ1) is 14.2. The number of anilines is 1. The number of nitrogens with zero attached hydrogens (tertiary/aromatic N) is 3. The van der Waals surface area contributed by atoms with E-state index in [1.165, 1.54) is 18.4 Å². The number of carbonyl (C=O) groups is 1. The van der Waals surface area contributed by atoms with Gasteiger partial charge in [0.2, 0.25) is 0 Å². The van der Waals surface area contributed by atoms with Crippen LogP contribution < -0.4 is 4.90 Å². The van der Waals surface area contributed by atoms with Crippen LogP contribution in [0, 0.1) is 0 Å². The second kappa shape index (κ2) is 5.85. The number of likely N-dealkylation sites (N-methyl/N-ethyl adjacent to an activating group) is 1. The summed E-state index contributed by atoms with van der Waals surface area (Å²) in [7, 11) is 5.35. The predicted octanol–water partition coefficient (Wildman–Crippen LogP) is 0.431. The number of aliphatic hydroxyl groups is 1. The van der Waals surface area contributed by atoms with Crippen molar-refractivity contribution in [3.8, 4) is 0 Å². The van der Waals surface area contributed by atoms with Crippen LogP contribution in [-0.4, -0.2) is 67.4 Å². The van der Waals surface area contributed by atoms with Crippen LogP contribution in [0.15, 0.2) is 5.38 Å². The van der Waals surface area contributed by atoms with Gasteiger partial charge < -0.3 is 19.6 Å². The second-order valence-corrected chi connectivity index (χ2v) is 5.80. The summed E-state index contributed by atoms with van der Waals surface area (Å²) < 4.78 is 4.65. The van der Waals surface area contributed by atoms with Gasteiger partial charge in [-0.2, -0.15) is 0 Å². The SMILES string of the molecule is COC(=O)c1csc(N2CC(O)CC2CN(C)C)n1. The van der Waals surface area contributed by atoms with Crippen LogP contribution in [-0.2, 0) is 4.74 Å². The topological polar surface area (TPSA) is 65.9 Å². The molecular weight excluding hydrogens is 266 g/mol. The van der Waals surface area contributed by atoms with Crippen LogP contribution >= 0.6 is 11.3 Å². The molecule has 19 heavy (non-hydrogen) atoms. The maximum Gasteiger partial charge on any atom is 0.357 e. The molecule has 1 aromatic rings. The molecule has 0 aliphatic carbocycles. The number of methoxy groups -OCH3 is 1. The smallest absolute Gasteiger partial charge is 0.357 e. The standard InChI is InChI=1S/C12H19N3O3S/c1-14(2)5-8-4-9(16)6-15(8)12-13-10(7-19-12)11(17)18-3/h7-9,16H,4-6H2,1-3H3. The van der Waals surface area contributed by atoms with E-state index in [0.717, 1.165) is 18.1 Å². The van der Waals surface area contributed by atoms with E-state index in [1.54, 1.807) is 5.38 Å². The number of rotatable bonds is 4. The summed E-state index contributed by atoms with van der Waals surface area (Å²) in [5.41, 5.74) is 0.326. The fourth-order valence-corrected chi connectivity index (χ4v) is 3.19. The molecule has 0 amide bonds. The molecule has 106 valence electrons. The van der Waals surface area contributed by atoms with Gasteiger partial charge in [0.1, 0.15) is 0 Å². The van der Waals surface area contributed by atoms with Crippen molar-refractivity contribution in [3.63, 3.8) is 0 Å². The van der Waals surface area contributed by atoms with Crippen LogP contribution in [0.25, 0.3) is 0 Å². The molecule has 1 saturated heterocycles. The Morgan fingerprint density at radius 3 is 3.05 bits per heavy atom. The molecule has 1 aromatic heterocycles. The Hall–Kier alpha value is -1.18. The Labute approximate surface area is 116 Å². The molecule has 6 nitrogen and oxygen atoms in total. The number of ether oxygens (including phenoxy) is 1. The first-order chi connectivity index (χ1) is 9.01. The summed E-state index contributed by atoms with van der Waals surface area (Å²) in [4.78, 5) is 19.9. The van der Waals surface area contributed by atoms with E-state index in [4.69, 9.17) is 0 Å². The van der Waals surface area contributed by atoms with Gasteiger partial charge in [0.15, 0.2) is 10.8 Å². The van der Waals surface area contributed by atoms with Crippen molar-refractivity contribution >= 4 is 22.4 Å². The number of hydrogen-bond acceptors (Lipinski definition) is 7. The van der Waals surface area contributed by atoms with E-state index in [2.05, 4.69) is 19.5 Å². The van der Waals surface area contributed by atoms with Gasteiger partial charge in [0.05, 0.1) is 13.2 Å². The van der Waals surface area contributed by atoms with E-state index in [-0.39, 0.29) is 12.1 Å².